The minimum Gasteiger partial charge on any atom is -0.350 e. The molecule has 0 saturated carbocycles. The molecule has 0 aliphatic heterocycles. The number of anilines is 1. The molecule has 4 aromatic rings. The Morgan fingerprint density at radius 3 is 2.45 bits per heavy atom. The maximum absolute atomic E-state index is 13.7. The second kappa shape index (κ2) is 11.7. The van der Waals surface area contributed by atoms with Crippen LogP contribution >= 0.6 is 27.5 Å². The number of aromatic nitrogens is 7. The van der Waals surface area contributed by atoms with Gasteiger partial charge in [0, 0.05) is 17.3 Å². The Morgan fingerprint density at radius 1 is 1.10 bits per heavy atom. The number of hydrogen-bond acceptors (Lipinski definition) is 7. The normalized spacial score (nSPS) is 12.1. The lowest BCUT2D eigenvalue weighted by Crippen LogP contribution is -2.35. The molecule has 0 radical (unpaired) electrons. The van der Waals surface area contributed by atoms with E-state index in [9.17, 15) is 31.5 Å². The SMILES string of the molecule is Cc1cc(Cl)cc(C(=O)NC(C)C)c1NC(=O)c1cc(Cn2nnc(C(F)(F)C(F)(F)F)n2)nn1-c1ncccc1Br. The van der Waals surface area contributed by atoms with E-state index in [-0.39, 0.29) is 39.5 Å². The maximum Gasteiger partial charge on any atom is 0.461 e. The molecule has 1 aromatic carbocycles. The molecule has 0 spiro atoms. The molecule has 222 valence electrons. The zero-order valence-electron chi connectivity index (χ0n) is 21.8. The highest BCUT2D eigenvalue weighted by atomic mass is 79.9. The molecule has 0 unspecified atom stereocenters. The number of alkyl halides is 5. The predicted molar refractivity (Wildman–Crippen MR) is 143 cm³/mol. The van der Waals surface area contributed by atoms with Crippen LogP contribution in [0, 0.1) is 6.92 Å². The molecule has 0 bridgehead atoms. The van der Waals surface area contributed by atoms with Crippen LogP contribution in [-0.2, 0) is 12.5 Å². The molecule has 4 rings (SSSR count). The molecule has 11 nitrogen and oxygen atoms in total. The van der Waals surface area contributed by atoms with Crippen LogP contribution in [0.15, 0.2) is 41.0 Å². The van der Waals surface area contributed by atoms with E-state index in [2.05, 4.69) is 52.1 Å². The first-order valence-corrected chi connectivity index (χ1v) is 13.1. The molecule has 42 heavy (non-hydrogen) atoms. The molecular formula is C24H20BrClF5N9O2. The largest absolute Gasteiger partial charge is 0.461 e. The number of benzene rings is 1. The van der Waals surface area contributed by atoms with E-state index >= 15 is 0 Å². The number of tetrazole rings is 1. The van der Waals surface area contributed by atoms with Crippen molar-refractivity contribution < 1.29 is 31.5 Å². The third-order valence-electron chi connectivity index (χ3n) is 5.53. The first-order chi connectivity index (χ1) is 19.6. The number of carbonyl (C=O) groups excluding carboxylic acids is 2. The van der Waals surface area contributed by atoms with Crippen LogP contribution < -0.4 is 10.6 Å². The Kier molecular flexibility index (Phi) is 8.63. The van der Waals surface area contributed by atoms with Gasteiger partial charge in [-0.15, -0.1) is 10.2 Å². The van der Waals surface area contributed by atoms with Gasteiger partial charge in [0.15, 0.2) is 5.82 Å². The number of aryl methyl sites for hydroxylation is 1. The van der Waals surface area contributed by atoms with E-state index < -0.39 is 36.3 Å². The van der Waals surface area contributed by atoms with Gasteiger partial charge < -0.3 is 10.6 Å². The van der Waals surface area contributed by atoms with E-state index in [1.807, 2.05) is 0 Å². The Bertz CT molecular complexity index is 1660. The van der Waals surface area contributed by atoms with Crippen molar-refractivity contribution in [1.29, 1.82) is 0 Å². The number of nitrogens with one attached hydrogen (secondary N) is 2. The van der Waals surface area contributed by atoms with E-state index in [1.165, 1.54) is 18.3 Å². The summed E-state index contributed by atoms with van der Waals surface area (Å²) in [6.07, 6.45) is -4.50. The third-order valence-corrected chi connectivity index (χ3v) is 6.37. The number of pyridine rings is 1. The summed E-state index contributed by atoms with van der Waals surface area (Å²) < 4.78 is 67.0. The van der Waals surface area contributed by atoms with E-state index in [0.717, 1.165) is 4.68 Å². The molecule has 2 N–H and O–H groups in total. The lowest BCUT2D eigenvalue weighted by atomic mass is 10.1. The first-order valence-electron chi connectivity index (χ1n) is 11.9. The van der Waals surface area contributed by atoms with Gasteiger partial charge in [-0.05, 0) is 77.8 Å². The summed E-state index contributed by atoms with van der Waals surface area (Å²) in [6, 6.07) is 7.19. The average Bonchev–Trinajstić information content (AvgIpc) is 3.52. The fourth-order valence-corrected chi connectivity index (χ4v) is 4.37. The van der Waals surface area contributed by atoms with E-state index in [0.29, 0.717) is 14.8 Å². The average molecular weight is 677 g/mol. The zero-order chi connectivity index (χ0) is 31.0. The lowest BCUT2D eigenvalue weighted by molar-refractivity contribution is -0.292. The summed E-state index contributed by atoms with van der Waals surface area (Å²) in [5.74, 6) is -8.27. The predicted octanol–water partition coefficient (Wildman–Crippen LogP) is 5.07. The molecule has 18 heteroatoms. The van der Waals surface area contributed by atoms with Gasteiger partial charge in [0.2, 0.25) is 0 Å². The van der Waals surface area contributed by atoms with Crippen molar-refractivity contribution in [2.75, 3.05) is 5.32 Å². The number of amides is 2. The lowest BCUT2D eigenvalue weighted by Gasteiger charge is -2.16. The first kappa shape index (κ1) is 31.0. The third kappa shape index (κ3) is 6.41. The highest BCUT2D eigenvalue weighted by molar-refractivity contribution is 9.10. The smallest absolute Gasteiger partial charge is 0.350 e. The summed E-state index contributed by atoms with van der Waals surface area (Å²) in [4.78, 5) is 31.2. The summed E-state index contributed by atoms with van der Waals surface area (Å²) in [6.45, 7) is 4.63. The van der Waals surface area contributed by atoms with Gasteiger partial charge in [-0.25, -0.2) is 9.67 Å². The fourth-order valence-electron chi connectivity index (χ4n) is 3.68. The summed E-state index contributed by atoms with van der Waals surface area (Å²) in [5, 5.41) is 19.2. The number of hydrogen-bond donors (Lipinski definition) is 2. The molecule has 3 aromatic heterocycles. The number of rotatable bonds is 8. The Morgan fingerprint density at radius 2 is 1.81 bits per heavy atom. The number of halogens is 7. The molecule has 0 fully saturated rings. The van der Waals surface area contributed by atoms with Crippen molar-refractivity contribution in [3.05, 3.63) is 74.4 Å². The van der Waals surface area contributed by atoms with Crippen molar-refractivity contribution >= 4 is 45.0 Å². The van der Waals surface area contributed by atoms with Crippen LogP contribution in [0.2, 0.25) is 5.02 Å². The molecule has 0 atom stereocenters. The van der Waals surface area contributed by atoms with Crippen LogP contribution in [0.4, 0.5) is 27.6 Å². The molecule has 2 amide bonds. The molecule has 0 aliphatic rings. The van der Waals surface area contributed by atoms with Crippen LogP contribution in [0.1, 0.15) is 51.8 Å². The second-order valence-corrected chi connectivity index (χ2v) is 10.5. The Labute approximate surface area is 247 Å². The topological polar surface area (TPSA) is 133 Å². The quantitative estimate of drug-likeness (QED) is 0.249. The van der Waals surface area contributed by atoms with Crippen molar-refractivity contribution in [3.8, 4) is 5.82 Å². The van der Waals surface area contributed by atoms with E-state index in [1.54, 1.807) is 39.0 Å². The summed E-state index contributed by atoms with van der Waals surface area (Å²) >= 11 is 9.49. The van der Waals surface area contributed by atoms with Crippen LogP contribution in [0.3, 0.4) is 0 Å². The van der Waals surface area contributed by atoms with Gasteiger partial charge in [-0.1, -0.05) is 11.6 Å². The number of carbonyl (C=O) groups is 2. The standard InChI is InChI=1S/C24H20BrClF5N9O2/c1-11(2)33-20(41)15-8-13(26)7-12(3)18(15)34-21(42)17-9-14(36-40(17)19-16(25)5-4-6-32-19)10-39-37-22(35-38-39)23(27,28)24(29,30)31/h4-9,11H,10H2,1-3H3,(H,33,41)(H,34,42). The molecule has 0 saturated heterocycles. The number of nitrogens with zero attached hydrogens (tertiary/aromatic N) is 7. The van der Waals surface area contributed by atoms with Crippen molar-refractivity contribution in [1.82, 2.24) is 40.3 Å². The Hall–Kier alpha value is -3.99. The summed E-state index contributed by atoms with van der Waals surface area (Å²) in [7, 11) is 0. The summed E-state index contributed by atoms with van der Waals surface area (Å²) in [5.41, 5.74) is 0.587. The van der Waals surface area contributed by atoms with Gasteiger partial charge >= 0.3 is 12.1 Å². The minimum absolute atomic E-state index is 0.0115. The highest BCUT2D eigenvalue weighted by Gasteiger charge is 2.62. The second-order valence-electron chi connectivity index (χ2n) is 9.18. The molecule has 0 aliphatic carbocycles. The van der Waals surface area contributed by atoms with Crippen LogP contribution in [0.25, 0.3) is 5.82 Å². The zero-order valence-corrected chi connectivity index (χ0v) is 24.2. The van der Waals surface area contributed by atoms with Crippen LogP contribution in [0.5, 0.6) is 0 Å². The highest BCUT2D eigenvalue weighted by Crippen LogP contribution is 2.41. The molecule has 3 heterocycles. The Balaban J connectivity index is 1.73. The van der Waals surface area contributed by atoms with Crippen molar-refractivity contribution in [2.45, 2.75) is 45.5 Å². The monoisotopic (exact) mass is 675 g/mol. The van der Waals surface area contributed by atoms with Gasteiger partial charge in [-0.2, -0.15) is 31.8 Å². The van der Waals surface area contributed by atoms with Gasteiger partial charge in [0.1, 0.15) is 12.2 Å². The van der Waals surface area contributed by atoms with Gasteiger partial charge in [0.05, 0.1) is 21.4 Å². The van der Waals surface area contributed by atoms with Crippen molar-refractivity contribution in [2.24, 2.45) is 0 Å². The van der Waals surface area contributed by atoms with Crippen molar-refractivity contribution in [3.63, 3.8) is 0 Å². The van der Waals surface area contributed by atoms with Gasteiger partial charge in [-0.3, -0.25) is 9.59 Å². The van der Waals surface area contributed by atoms with Gasteiger partial charge in [0.25, 0.3) is 17.6 Å². The van der Waals surface area contributed by atoms with E-state index in [4.69, 9.17) is 11.6 Å². The fraction of sp³-hybridized carbons (Fsp3) is 0.292. The maximum atomic E-state index is 13.7. The minimum atomic E-state index is -5.93. The van der Waals surface area contributed by atoms with Crippen LogP contribution in [-0.4, -0.2) is 59.0 Å². The molecular weight excluding hydrogens is 657 g/mol.